The molecule has 0 saturated carbocycles. The molecule has 0 atom stereocenters. The van der Waals surface area contributed by atoms with E-state index in [2.05, 4.69) is 9.46 Å². The largest absolute Gasteiger partial charge is 0.482 e. The Morgan fingerprint density at radius 1 is 1.04 bits per heavy atom. The first-order valence-corrected chi connectivity index (χ1v) is 8.84. The highest BCUT2D eigenvalue weighted by Crippen LogP contribution is 2.19. The summed E-state index contributed by atoms with van der Waals surface area (Å²) in [4.78, 5) is 11.1. The van der Waals surface area contributed by atoms with Gasteiger partial charge in [0.2, 0.25) is 0 Å². The minimum Gasteiger partial charge on any atom is -0.482 e. The molecule has 0 spiro atoms. The van der Waals surface area contributed by atoms with E-state index in [0.717, 1.165) is 12.0 Å². The molecule has 0 fully saturated rings. The number of rotatable bonds is 7. The van der Waals surface area contributed by atoms with Gasteiger partial charge in [0.25, 0.3) is 10.0 Å². The quantitative estimate of drug-likeness (QED) is 0.777. The second kappa shape index (κ2) is 7.83. The van der Waals surface area contributed by atoms with Gasteiger partial charge in [0.05, 0.1) is 12.0 Å². The minimum atomic E-state index is -3.68. The third-order valence-electron chi connectivity index (χ3n) is 3.33. The Hall–Kier alpha value is -2.54. The molecule has 0 unspecified atom stereocenters. The van der Waals surface area contributed by atoms with Crippen LogP contribution in [0.25, 0.3) is 0 Å². The summed E-state index contributed by atoms with van der Waals surface area (Å²) in [6, 6.07) is 13.0. The molecule has 7 heteroatoms. The maximum atomic E-state index is 12.4. The fourth-order valence-corrected chi connectivity index (χ4v) is 3.00. The Balaban J connectivity index is 2.06. The van der Waals surface area contributed by atoms with E-state index in [0.29, 0.717) is 11.4 Å². The molecule has 0 aliphatic rings. The van der Waals surface area contributed by atoms with Gasteiger partial charge in [0.1, 0.15) is 5.75 Å². The molecule has 0 amide bonds. The number of sulfonamides is 1. The molecule has 6 nitrogen and oxygen atoms in total. The molecule has 2 aromatic carbocycles. The summed E-state index contributed by atoms with van der Waals surface area (Å²) >= 11 is 0. The molecule has 0 aromatic heterocycles. The van der Waals surface area contributed by atoms with Crippen LogP contribution in [0.3, 0.4) is 0 Å². The maximum Gasteiger partial charge on any atom is 0.343 e. The number of benzene rings is 2. The lowest BCUT2D eigenvalue weighted by molar-refractivity contribution is -0.142. The molecule has 0 bridgehead atoms. The van der Waals surface area contributed by atoms with Crippen molar-refractivity contribution in [1.29, 1.82) is 0 Å². The summed E-state index contributed by atoms with van der Waals surface area (Å²) in [5, 5.41) is 0. The minimum absolute atomic E-state index is 0.104. The van der Waals surface area contributed by atoms with Crippen LogP contribution in [0.4, 0.5) is 5.69 Å². The number of aryl methyl sites for hydroxylation is 1. The highest BCUT2D eigenvalue weighted by Gasteiger charge is 2.14. The third-order valence-corrected chi connectivity index (χ3v) is 4.73. The zero-order valence-electron chi connectivity index (χ0n) is 13.5. The standard InChI is InChI=1S/C17H19NO5S/c1-3-13-4-6-14(7-5-13)18-24(20,21)16-10-8-15(9-11-16)23-12-17(19)22-2/h4-11,18H,3,12H2,1-2H3. The van der Waals surface area contributed by atoms with E-state index >= 15 is 0 Å². The lowest BCUT2D eigenvalue weighted by Crippen LogP contribution is -2.14. The van der Waals surface area contributed by atoms with Crippen molar-refractivity contribution in [2.75, 3.05) is 18.4 Å². The molecule has 128 valence electrons. The molecular weight excluding hydrogens is 330 g/mol. The van der Waals surface area contributed by atoms with Gasteiger partial charge in [-0.05, 0) is 48.4 Å². The van der Waals surface area contributed by atoms with E-state index in [1.165, 1.54) is 31.4 Å². The number of nitrogens with one attached hydrogen (secondary N) is 1. The molecule has 24 heavy (non-hydrogen) atoms. The number of carbonyl (C=O) groups excluding carboxylic acids is 1. The van der Waals surface area contributed by atoms with Gasteiger partial charge in [-0.2, -0.15) is 0 Å². The van der Waals surface area contributed by atoms with Gasteiger partial charge in [-0.25, -0.2) is 13.2 Å². The monoisotopic (exact) mass is 349 g/mol. The summed E-state index contributed by atoms with van der Waals surface area (Å²) in [7, 11) is -2.42. The average molecular weight is 349 g/mol. The van der Waals surface area contributed by atoms with Crippen molar-refractivity contribution in [2.45, 2.75) is 18.2 Å². The van der Waals surface area contributed by atoms with Gasteiger partial charge < -0.3 is 9.47 Å². The van der Waals surface area contributed by atoms with Gasteiger partial charge in [0.15, 0.2) is 6.61 Å². The summed E-state index contributed by atoms with van der Waals surface area (Å²) < 4.78 is 36.9. The molecule has 0 saturated heterocycles. The first kappa shape index (κ1) is 17.8. The molecule has 0 aliphatic carbocycles. The SMILES string of the molecule is CCc1ccc(NS(=O)(=O)c2ccc(OCC(=O)OC)cc2)cc1. The summed E-state index contributed by atoms with van der Waals surface area (Å²) in [5.41, 5.74) is 1.63. The predicted octanol–water partition coefficient (Wildman–Crippen LogP) is 2.60. The number of hydrogen-bond donors (Lipinski definition) is 1. The molecule has 0 heterocycles. The molecule has 2 aromatic rings. The van der Waals surface area contributed by atoms with Crippen LogP contribution in [0.15, 0.2) is 53.4 Å². The van der Waals surface area contributed by atoms with Crippen LogP contribution in [-0.2, 0) is 26.0 Å². The van der Waals surface area contributed by atoms with Crippen molar-refractivity contribution >= 4 is 21.7 Å². The third kappa shape index (κ3) is 4.73. The Bertz CT molecular complexity index is 783. The van der Waals surface area contributed by atoms with Crippen molar-refractivity contribution in [3.63, 3.8) is 0 Å². The zero-order valence-corrected chi connectivity index (χ0v) is 14.3. The Labute approximate surface area is 141 Å². The normalized spacial score (nSPS) is 10.9. The number of methoxy groups -OCH3 is 1. The zero-order chi connectivity index (χ0) is 17.6. The van der Waals surface area contributed by atoms with E-state index in [4.69, 9.17) is 4.74 Å². The molecular formula is C17H19NO5S. The van der Waals surface area contributed by atoms with Crippen molar-refractivity contribution in [2.24, 2.45) is 0 Å². The van der Waals surface area contributed by atoms with E-state index in [1.54, 1.807) is 12.1 Å². The molecule has 2 rings (SSSR count). The highest BCUT2D eigenvalue weighted by atomic mass is 32.2. The number of anilines is 1. The molecule has 1 N–H and O–H groups in total. The van der Waals surface area contributed by atoms with Crippen LogP contribution in [0.2, 0.25) is 0 Å². The fourth-order valence-electron chi connectivity index (χ4n) is 1.94. The van der Waals surface area contributed by atoms with Crippen LogP contribution in [0, 0.1) is 0 Å². The molecule has 0 aliphatic heterocycles. The van der Waals surface area contributed by atoms with Gasteiger partial charge >= 0.3 is 5.97 Å². The van der Waals surface area contributed by atoms with Crippen LogP contribution in [0.1, 0.15) is 12.5 Å². The van der Waals surface area contributed by atoms with E-state index in [-0.39, 0.29) is 11.5 Å². The van der Waals surface area contributed by atoms with Gasteiger partial charge in [0, 0.05) is 5.69 Å². The topological polar surface area (TPSA) is 81.7 Å². The Kier molecular flexibility index (Phi) is 5.81. The van der Waals surface area contributed by atoms with Crippen LogP contribution in [-0.4, -0.2) is 28.1 Å². The van der Waals surface area contributed by atoms with Gasteiger partial charge in [-0.1, -0.05) is 19.1 Å². The summed E-state index contributed by atoms with van der Waals surface area (Å²) in [5.74, 6) is -0.129. The van der Waals surface area contributed by atoms with E-state index < -0.39 is 16.0 Å². The van der Waals surface area contributed by atoms with Crippen LogP contribution in [0.5, 0.6) is 5.75 Å². The van der Waals surface area contributed by atoms with Gasteiger partial charge in [-0.15, -0.1) is 0 Å². The summed E-state index contributed by atoms with van der Waals surface area (Å²) in [6.45, 7) is 1.80. The number of carbonyl (C=O) groups is 1. The van der Waals surface area contributed by atoms with E-state index in [1.807, 2.05) is 19.1 Å². The maximum absolute atomic E-state index is 12.4. The smallest absolute Gasteiger partial charge is 0.343 e. The Morgan fingerprint density at radius 2 is 1.67 bits per heavy atom. The summed E-state index contributed by atoms with van der Waals surface area (Å²) in [6.07, 6.45) is 0.889. The van der Waals surface area contributed by atoms with Crippen molar-refractivity contribution in [1.82, 2.24) is 0 Å². The first-order valence-electron chi connectivity index (χ1n) is 7.36. The van der Waals surface area contributed by atoms with E-state index in [9.17, 15) is 13.2 Å². The van der Waals surface area contributed by atoms with Crippen LogP contribution < -0.4 is 9.46 Å². The lowest BCUT2D eigenvalue weighted by Gasteiger charge is -2.10. The highest BCUT2D eigenvalue weighted by molar-refractivity contribution is 7.92. The fraction of sp³-hybridized carbons (Fsp3) is 0.235. The number of ether oxygens (including phenoxy) is 2. The lowest BCUT2D eigenvalue weighted by atomic mass is 10.2. The molecule has 0 radical (unpaired) electrons. The Morgan fingerprint density at radius 3 is 2.21 bits per heavy atom. The number of esters is 1. The van der Waals surface area contributed by atoms with Crippen molar-refractivity contribution in [3.05, 3.63) is 54.1 Å². The number of hydrogen-bond acceptors (Lipinski definition) is 5. The van der Waals surface area contributed by atoms with Crippen LogP contribution >= 0.6 is 0 Å². The predicted molar refractivity (Wildman–Crippen MR) is 90.6 cm³/mol. The first-order chi connectivity index (χ1) is 11.4. The van der Waals surface area contributed by atoms with Crippen molar-refractivity contribution < 1.29 is 22.7 Å². The van der Waals surface area contributed by atoms with Gasteiger partial charge in [-0.3, -0.25) is 4.72 Å². The van der Waals surface area contributed by atoms with Crippen molar-refractivity contribution in [3.8, 4) is 5.75 Å². The average Bonchev–Trinajstić information content (AvgIpc) is 2.60. The second-order valence-corrected chi connectivity index (χ2v) is 6.67. The second-order valence-electron chi connectivity index (χ2n) is 4.99.